The molecule has 0 saturated heterocycles. The highest BCUT2D eigenvalue weighted by molar-refractivity contribution is 6.66. The number of rotatable bonds is 3. The van der Waals surface area contributed by atoms with Crippen LogP contribution in [0.4, 0.5) is 0 Å². The van der Waals surface area contributed by atoms with E-state index in [1.807, 2.05) is 43.3 Å². The Bertz CT molecular complexity index is 363. The number of hydrogen-bond acceptors (Lipinski definition) is 1. The van der Waals surface area contributed by atoms with Gasteiger partial charge in [0.05, 0.1) is 0 Å². The maximum Gasteiger partial charge on any atom is 0.245 e. The van der Waals surface area contributed by atoms with Crippen molar-refractivity contribution in [3.8, 4) is 0 Å². The first-order valence-electron chi connectivity index (χ1n) is 4.29. The Balaban J connectivity index is 2.74. The summed E-state index contributed by atoms with van der Waals surface area (Å²) in [4.78, 5) is 10.5. The quantitative estimate of drug-likeness (QED) is 0.421. The first kappa shape index (κ1) is 10.7. The molecule has 0 fully saturated rings. The van der Waals surface area contributed by atoms with Gasteiger partial charge in [-0.05, 0) is 30.2 Å². The van der Waals surface area contributed by atoms with Crippen molar-refractivity contribution in [2.75, 3.05) is 0 Å². The molecule has 2 heteroatoms. The summed E-state index contributed by atoms with van der Waals surface area (Å²) in [5, 5.41) is -0.453. The molecule has 0 aliphatic rings. The van der Waals surface area contributed by atoms with Crippen LogP contribution in [0.5, 0.6) is 0 Å². The first-order chi connectivity index (χ1) is 6.68. The minimum Gasteiger partial charge on any atom is -0.276 e. The molecule has 1 nitrogen and oxygen atoms in total. The second-order valence-electron chi connectivity index (χ2n) is 2.94. The summed E-state index contributed by atoms with van der Waals surface area (Å²) in [6.45, 7) is 1.92. The van der Waals surface area contributed by atoms with Gasteiger partial charge in [-0.15, -0.1) is 0 Å². The molecule has 1 aromatic rings. The molecule has 0 N–H and O–H groups in total. The van der Waals surface area contributed by atoms with Crippen molar-refractivity contribution in [2.24, 2.45) is 0 Å². The summed E-state index contributed by atoms with van der Waals surface area (Å²) in [7, 11) is 0. The lowest BCUT2D eigenvalue weighted by atomic mass is 10.1. The Labute approximate surface area is 88.7 Å². The van der Waals surface area contributed by atoms with E-state index in [0.717, 1.165) is 11.1 Å². The van der Waals surface area contributed by atoms with E-state index in [2.05, 4.69) is 0 Å². The van der Waals surface area contributed by atoms with E-state index in [1.54, 1.807) is 6.08 Å². The Kier molecular flexibility index (Phi) is 4.14. The summed E-state index contributed by atoms with van der Waals surface area (Å²) in [5.74, 6) is 0. The standard InChI is InChI=1S/C12H11ClO/c1-10(7-8-12(13)14)9-11-5-3-2-4-6-11/h2-9H,1H3. The van der Waals surface area contributed by atoms with Gasteiger partial charge in [0.1, 0.15) is 0 Å². The van der Waals surface area contributed by atoms with E-state index in [0.29, 0.717) is 0 Å². The lowest BCUT2D eigenvalue weighted by molar-refractivity contribution is -0.107. The molecule has 1 rings (SSSR count). The second-order valence-corrected chi connectivity index (χ2v) is 3.31. The van der Waals surface area contributed by atoms with E-state index < -0.39 is 5.24 Å². The third kappa shape index (κ3) is 4.06. The number of carbonyl (C=O) groups excluding carboxylic acids is 1. The minimum absolute atomic E-state index is 0.453. The largest absolute Gasteiger partial charge is 0.276 e. The van der Waals surface area contributed by atoms with Crippen LogP contribution in [0.25, 0.3) is 6.08 Å². The molecule has 0 aliphatic carbocycles. The molecule has 0 amide bonds. The fourth-order valence-electron chi connectivity index (χ4n) is 1.06. The van der Waals surface area contributed by atoms with Gasteiger partial charge in [-0.25, -0.2) is 0 Å². The van der Waals surface area contributed by atoms with E-state index in [9.17, 15) is 4.79 Å². The minimum atomic E-state index is -0.453. The normalized spacial score (nSPS) is 12.0. The molecule has 0 aliphatic heterocycles. The number of halogens is 1. The van der Waals surface area contributed by atoms with Crippen molar-refractivity contribution in [2.45, 2.75) is 6.92 Å². The Hall–Kier alpha value is -1.34. The lowest BCUT2D eigenvalue weighted by Gasteiger charge is -1.93. The van der Waals surface area contributed by atoms with Crippen LogP contribution in [0.1, 0.15) is 12.5 Å². The number of allylic oxidation sites excluding steroid dienone is 3. The van der Waals surface area contributed by atoms with E-state index in [-0.39, 0.29) is 0 Å². The molecule has 0 bridgehead atoms. The zero-order chi connectivity index (χ0) is 10.4. The monoisotopic (exact) mass is 206 g/mol. The maximum atomic E-state index is 10.5. The van der Waals surface area contributed by atoms with Crippen LogP contribution in [-0.2, 0) is 4.79 Å². The van der Waals surface area contributed by atoms with Gasteiger partial charge >= 0.3 is 0 Å². The van der Waals surface area contributed by atoms with Crippen LogP contribution in [0.15, 0.2) is 48.1 Å². The average Bonchev–Trinajstić information content (AvgIpc) is 2.16. The summed E-state index contributed by atoms with van der Waals surface area (Å²) in [5.41, 5.74) is 2.10. The van der Waals surface area contributed by atoms with Crippen LogP contribution in [0.3, 0.4) is 0 Å². The summed E-state index contributed by atoms with van der Waals surface area (Å²) in [6, 6.07) is 9.90. The molecule has 0 spiro atoms. The van der Waals surface area contributed by atoms with Crippen molar-refractivity contribution in [1.82, 2.24) is 0 Å². The molecule has 0 radical (unpaired) electrons. The molecule has 72 valence electrons. The number of benzene rings is 1. The van der Waals surface area contributed by atoms with Gasteiger partial charge in [0.25, 0.3) is 0 Å². The van der Waals surface area contributed by atoms with Gasteiger partial charge in [-0.3, -0.25) is 4.79 Å². The van der Waals surface area contributed by atoms with Crippen LogP contribution >= 0.6 is 11.6 Å². The average molecular weight is 207 g/mol. The van der Waals surface area contributed by atoms with Gasteiger partial charge in [-0.2, -0.15) is 0 Å². The second kappa shape index (κ2) is 5.40. The predicted molar refractivity (Wildman–Crippen MR) is 60.1 cm³/mol. The zero-order valence-electron chi connectivity index (χ0n) is 7.91. The SMILES string of the molecule is CC(C=CC(=O)Cl)=Cc1ccccc1. The van der Waals surface area contributed by atoms with E-state index in [4.69, 9.17) is 11.6 Å². The van der Waals surface area contributed by atoms with Gasteiger partial charge in [0.15, 0.2) is 0 Å². The molecule has 0 atom stereocenters. The molecule has 0 aromatic heterocycles. The van der Waals surface area contributed by atoms with Gasteiger partial charge < -0.3 is 0 Å². The topological polar surface area (TPSA) is 17.1 Å². The Morgan fingerprint density at radius 3 is 2.43 bits per heavy atom. The van der Waals surface area contributed by atoms with E-state index in [1.165, 1.54) is 6.08 Å². The molecule has 0 unspecified atom stereocenters. The van der Waals surface area contributed by atoms with Crippen LogP contribution in [-0.4, -0.2) is 5.24 Å². The van der Waals surface area contributed by atoms with Gasteiger partial charge in [0, 0.05) is 0 Å². The third-order valence-electron chi connectivity index (χ3n) is 1.67. The first-order valence-corrected chi connectivity index (χ1v) is 4.67. The third-order valence-corrected chi connectivity index (χ3v) is 1.80. The zero-order valence-corrected chi connectivity index (χ0v) is 8.66. The predicted octanol–water partition coefficient (Wildman–Crippen LogP) is 3.41. The smallest absolute Gasteiger partial charge is 0.245 e. The van der Waals surface area contributed by atoms with Crippen LogP contribution < -0.4 is 0 Å². The van der Waals surface area contributed by atoms with Gasteiger partial charge in [-0.1, -0.05) is 48.1 Å². The van der Waals surface area contributed by atoms with Crippen molar-refractivity contribution < 1.29 is 4.79 Å². The molecule has 0 heterocycles. The summed E-state index contributed by atoms with van der Waals surface area (Å²) < 4.78 is 0. The van der Waals surface area contributed by atoms with Crippen molar-refractivity contribution in [3.63, 3.8) is 0 Å². The van der Waals surface area contributed by atoms with Crippen molar-refractivity contribution in [1.29, 1.82) is 0 Å². The molecular weight excluding hydrogens is 196 g/mol. The number of carbonyl (C=O) groups is 1. The highest BCUT2D eigenvalue weighted by atomic mass is 35.5. The highest BCUT2D eigenvalue weighted by Crippen LogP contribution is 2.06. The van der Waals surface area contributed by atoms with Crippen molar-refractivity contribution in [3.05, 3.63) is 53.6 Å². The number of hydrogen-bond donors (Lipinski definition) is 0. The summed E-state index contributed by atoms with van der Waals surface area (Å²) in [6.07, 6.45) is 5.02. The fourth-order valence-corrected chi connectivity index (χ4v) is 1.12. The molecule has 1 aromatic carbocycles. The van der Waals surface area contributed by atoms with E-state index >= 15 is 0 Å². The molecule has 14 heavy (non-hydrogen) atoms. The maximum absolute atomic E-state index is 10.5. The fraction of sp³-hybridized carbons (Fsp3) is 0.0833. The molecule has 0 saturated carbocycles. The van der Waals surface area contributed by atoms with Gasteiger partial charge in [0.2, 0.25) is 5.24 Å². The lowest BCUT2D eigenvalue weighted by Crippen LogP contribution is -1.77. The Morgan fingerprint density at radius 2 is 1.86 bits per heavy atom. The van der Waals surface area contributed by atoms with Crippen LogP contribution in [0, 0.1) is 0 Å². The Morgan fingerprint density at radius 1 is 1.21 bits per heavy atom. The summed E-state index contributed by atoms with van der Waals surface area (Å²) >= 11 is 5.17. The van der Waals surface area contributed by atoms with Crippen LogP contribution in [0.2, 0.25) is 0 Å². The highest BCUT2D eigenvalue weighted by Gasteiger charge is 1.88. The molecular formula is C12H11ClO. The van der Waals surface area contributed by atoms with Crippen molar-refractivity contribution >= 4 is 22.9 Å².